The van der Waals surface area contributed by atoms with Crippen LogP contribution in [-0.2, 0) is 10.0 Å². The van der Waals surface area contributed by atoms with Crippen molar-refractivity contribution < 1.29 is 13.3 Å². The summed E-state index contributed by atoms with van der Waals surface area (Å²) in [7, 11) is -4.01. The van der Waals surface area contributed by atoms with E-state index >= 15 is 0 Å². The standard InChI is InChI=1S/C11H7BrClN3O4S/c12-8-2-1-5-14-11(8)15-21(19,20)10-4-3-7(16(17)18)6-9(10)13/h1-6H,(H,14,15). The van der Waals surface area contributed by atoms with Crippen LogP contribution in [-0.4, -0.2) is 18.3 Å². The maximum absolute atomic E-state index is 12.2. The Balaban J connectivity index is 2.41. The Labute approximate surface area is 133 Å². The summed E-state index contributed by atoms with van der Waals surface area (Å²) in [5.41, 5.74) is -0.294. The number of rotatable bonds is 4. The Kier molecular flexibility index (Phi) is 4.45. The number of aromatic nitrogens is 1. The number of non-ortho nitro benzene ring substituents is 1. The molecule has 0 bridgehead atoms. The van der Waals surface area contributed by atoms with Crippen molar-refractivity contribution in [3.8, 4) is 0 Å². The van der Waals surface area contributed by atoms with Crippen molar-refractivity contribution in [1.82, 2.24) is 4.98 Å². The second-order valence-electron chi connectivity index (χ2n) is 3.81. The molecule has 0 aliphatic carbocycles. The molecule has 0 saturated carbocycles. The number of sulfonamides is 1. The molecule has 21 heavy (non-hydrogen) atoms. The molecule has 0 saturated heterocycles. The van der Waals surface area contributed by atoms with Crippen molar-refractivity contribution in [3.63, 3.8) is 0 Å². The molecule has 7 nitrogen and oxygen atoms in total. The summed E-state index contributed by atoms with van der Waals surface area (Å²) in [5.74, 6) is 0.0897. The van der Waals surface area contributed by atoms with Crippen LogP contribution >= 0.6 is 27.5 Å². The first-order valence-electron chi connectivity index (χ1n) is 5.38. The van der Waals surface area contributed by atoms with Crippen LogP contribution in [0.25, 0.3) is 0 Å². The molecular weight excluding hydrogens is 386 g/mol. The van der Waals surface area contributed by atoms with Crippen molar-refractivity contribution in [2.24, 2.45) is 0 Å². The summed E-state index contributed by atoms with van der Waals surface area (Å²) in [5, 5.41) is 10.4. The lowest BCUT2D eigenvalue weighted by Gasteiger charge is -2.09. The molecular formula is C11H7BrClN3O4S. The minimum Gasteiger partial charge on any atom is -0.262 e. The molecule has 0 atom stereocenters. The van der Waals surface area contributed by atoms with Gasteiger partial charge in [0.2, 0.25) is 0 Å². The van der Waals surface area contributed by atoms with Gasteiger partial charge in [-0.1, -0.05) is 11.6 Å². The highest BCUT2D eigenvalue weighted by Crippen LogP contribution is 2.28. The molecule has 0 fully saturated rings. The molecule has 0 radical (unpaired) electrons. The van der Waals surface area contributed by atoms with E-state index in [0.717, 1.165) is 18.2 Å². The summed E-state index contributed by atoms with van der Waals surface area (Å²) in [6, 6.07) is 6.35. The van der Waals surface area contributed by atoms with E-state index < -0.39 is 14.9 Å². The Hall–Kier alpha value is -1.71. The Morgan fingerprint density at radius 2 is 2.05 bits per heavy atom. The third-order valence-electron chi connectivity index (χ3n) is 2.41. The van der Waals surface area contributed by atoms with E-state index in [9.17, 15) is 18.5 Å². The first kappa shape index (κ1) is 15.7. The third-order valence-corrected chi connectivity index (χ3v) is 4.87. The number of benzene rings is 1. The monoisotopic (exact) mass is 391 g/mol. The first-order valence-corrected chi connectivity index (χ1v) is 8.04. The van der Waals surface area contributed by atoms with E-state index in [4.69, 9.17) is 11.6 Å². The van der Waals surface area contributed by atoms with E-state index in [1.807, 2.05) is 0 Å². The molecule has 0 unspecified atom stereocenters. The fourth-order valence-corrected chi connectivity index (χ4v) is 3.52. The zero-order valence-electron chi connectivity index (χ0n) is 10.2. The molecule has 0 aliphatic heterocycles. The summed E-state index contributed by atoms with van der Waals surface area (Å²) < 4.78 is 27.2. The van der Waals surface area contributed by atoms with Crippen LogP contribution in [0.15, 0.2) is 45.9 Å². The number of hydrogen-bond acceptors (Lipinski definition) is 5. The fraction of sp³-hybridized carbons (Fsp3) is 0. The van der Waals surface area contributed by atoms with Crippen LogP contribution in [0, 0.1) is 10.1 Å². The zero-order chi connectivity index (χ0) is 15.6. The van der Waals surface area contributed by atoms with Gasteiger partial charge in [-0.05, 0) is 34.1 Å². The maximum atomic E-state index is 12.2. The van der Waals surface area contributed by atoms with Gasteiger partial charge in [-0.2, -0.15) is 0 Å². The van der Waals surface area contributed by atoms with Crippen LogP contribution < -0.4 is 4.72 Å². The number of halogens is 2. The van der Waals surface area contributed by atoms with Crippen molar-refractivity contribution in [2.75, 3.05) is 4.72 Å². The Morgan fingerprint density at radius 3 is 2.62 bits per heavy atom. The number of nitro benzene ring substituents is 1. The van der Waals surface area contributed by atoms with E-state index in [1.165, 1.54) is 6.20 Å². The highest BCUT2D eigenvalue weighted by Gasteiger charge is 2.21. The van der Waals surface area contributed by atoms with Crippen molar-refractivity contribution in [1.29, 1.82) is 0 Å². The molecule has 110 valence electrons. The topological polar surface area (TPSA) is 102 Å². The van der Waals surface area contributed by atoms with E-state index in [-0.39, 0.29) is 21.4 Å². The van der Waals surface area contributed by atoms with Gasteiger partial charge < -0.3 is 0 Å². The van der Waals surface area contributed by atoms with E-state index in [0.29, 0.717) is 4.47 Å². The molecule has 0 spiro atoms. The third kappa shape index (κ3) is 3.49. The van der Waals surface area contributed by atoms with Crippen LogP contribution in [0.5, 0.6) is 0 Å². The molecule has 2 rings (SSSR count). The van der Waals surface area contributed by atoms with Gasteiger partial charge in [-0.15, -0.1) is 0 Å². The minimum atomic E-state index is -4.01. The maximum Gasteiger partial charge on any atom is 0.271 e. The summed E-state index contributed by atoms with van der Waals surface area (Å²) >= 11 is 8.97. The summed E-state index contributed by atoms with van der Waals surface area (Å²) in [6.45, 7) is 0. The fourth-order valence-electron chi connectivity index (χ4n) is 1.46. The smallest absolute Gasteiger partial charge is 0.262 e. The van der Waals surface area contributed by atoms with Gasteiger partial charge in [-0.3, -0.25) is 14.8 Å². The lowest BCUT2D eigenvalue weighted by molar-refractivity contribution is -0.384. The molecule has 1 N–H and O–H groups in total. The molecule has 10 heteroatoms. The average molecular weight is 393 g/mol. The van der Waals surface area contributed by atoms with Gasteiger partial charge in [0.25, 0.3) is 15.7 Å². The van der Waals surface area contributed by atoms with Crippen molar-refractivity contribution in [2.45, 2.75) is 4.90 Å². The first-order chi connectivity index (χ1) is 9.81. The number of nitrogens with zero attached hydrogens (tertiary/aromatic N) is 2. The van der Waals surface area contributed by atoms with Crippen LogP contribution in [0.2, 0.25) is 5.02 Å². The van der Waals surface area contributed by atoms with Crippen molar-refractivity contribution in [3.05, 3.63) is 56.1 Å². The molecule has 0 aliphatic rings. The largest absolute Gasteiger partial charge is 0.271 e. The number of nitro groups is 1. The molecule has 1 aromatic heterocycles. The normalized spacial score (nSPS) is 11.1. The summed E-state index contributed by atoms with van der Waals surface area (Å²) in [6.07, 6.45) is 1.42. The highest BCUT2D eigenvalue weighted by molar-refractivity contribution is 9.10. The van der Waals surface area contributed by atoms with Crippen LogP contribution in [0.4, 0.5) is 11.5 Å². The van der Waals surface area contributed by atoms with E-state index in [2.05, 4.69) is 25.6 Å². The molecule has 2 aromatic rings. The van der Waals surface area contributed by atoms with E-state index in [1.54, 1.807) is 12.1 Å². The molecule has 1 aromatic carbocycles. The predicted octanol–water partition coefficient (Wildman–Crippen LogP) is 3.21. The molecule has 1 heterocycles. The lowest BCUT2D eigenvalue weighted by atomic mass is 10.3. The lowest BCUT2D eigenvalue weighted by Crippen LogP contribution is -2.14. The average Bonchev–Trinajstić information content (AvgIpc) is 2.40. The highest BCUT2D eigenvalue weighted by atomic mass is 79.9. The second-order valence-corrected chi connectivity index (χ2v) is 6.72. The number of anilines is 1. The van der Waals surface area contributed by atoms with Gasteiger partial charge in [0.15, 0.2) is 5.82 Å². The Bertz CT molecular complexity index is 813. The zero-order valence-corrected chi connectivity index (χ0v) is 13.3. The number of nitrogens with one attached hydrogen (secondary N) is 1. The minimum absolute atomic E-state index is 0.0897. The number of hydrogen-bond donors (Lipinski definition) is 1. The Morgan fingerprint density at radius 1 is 1.33 bits per heavy atom. The van der Waals surface area contributed by atoms with Crippen LogP contribution in [0.3, 0.4) is 0 Å². The van der Waals surface area contributed by atoms with Gasteiger partial charge in [0.05, 0.1) is 14.4 Å². The SMILES string of the molecule is O=[N+]([O-])c1ccc(S(=O)(=O)Nc2ncccc2Br)c(Cl)c1. The number of pyridine rings is 1. The molecule has 0 amide bonds. The predicted molar refractivity (Wildman–Crippen MR) is 80.9 cm³/mol. The quantitative estimate of drug-likeness (QED) is 0.636. The van der Waals surface area contributed by atoms with Gasteiger partial charge >= 0.3 is 0 Å². The van der Waals surface area contributed by atoms with Crippen molar-refractivity contribution >= 4 is 49.1 Å². The van der Waals surface area contributed by atoms with Crippen LogP contribution in [0.1, 0.15) is 0 Å². The van der Waals surface area contributed by atoms with Gasteiger partial charge in [0.1, 0.15) is 4.90 Å². The van der Waals surface area contributed by atoms with Gasteiger partial charge in [0, 0.05) is 18.3 Å². The second kappa shape index (κ2) is 5.96. The van der Waals surface area contributed by atoms with Gasteiger partial charge in [-0.25, -0.2) is 13.4 Å². The summed E-state index contributed by atoms with van der Waals surface area (Å²) in [4.78, 5) is 13.6.